The molecule has 0 aliphatic carbocycles. The van der Waals surface area contributed by atoms with Crippen LogP contribution in [0, 0.1) is 6.92 Å². The van der Waals surface area contributed by atoms with Gasteiger partial charge in [0.1, 0.15) is 17.2 Å². The summed E-state index contributed by atoms with van der Waals surface area (Å²) in [4.78, 5) is 24.9. The van der Waals surface area contributed by atoms with Gasteiger partial charge < -0.3 is 14.2 Å². The van der Waals surface area contributed by atoms with Crippen LogP contribution in [0.2, 0.25) is 0 Å². The minimum atomic E-state index is -0.458. The van der Waals surface area contributed by atoms with Crippen molar-refractivity contribution in [2.45, 2.75) is 6.92 Å². The fourth-order valence-corrected chi connectivity index (χ4v) is 3.14. The van der Waals surface area contributed by atoms with Gasteiger partial charge in [-0.3, -0.25) is 0 Å². The Morgan fingerprint density at radius 2 is 1.26 bits per heavy atom. The number of fused-ring (bicyclic) bond motifs is 1. The molecular weight excluding hydrogens is 392 g/mol. The van der Waals surface area contributed by atoms with Crippen LogP contribution in [0.25, 0.3) is 10.8 Å². The quantitative estimate of drug-likeness (QED) is 0.316. The number of methoxy groups -OCH3 is 1. The molecule has 0 radical (unpaired) electrons. The highest BCUT2D eigenvalue weighted by atomic mass is 16.5. The van der Waals surface area contributed by atoms with E-state index in [0.717, 1.165) is 16.3 Å². The maximum Gasteiger partial charge on any atom is 0.343 e. The highest BCUT2D eigenvalue weighted by Crippen LogP contribution is 2.24. The Balaban J connectivity index is 1.50. The van der Waals surface area contributed by atoms with Crippen molar-refractivity contribution < 1.29 is 23.8 Å². The Hall–Kier alpha value is -4.12. The molecule has 0 amide bonds. The monoisotopic (exact) mass is 412 g/mol. The summed E-state index contributed by atoms with van der Waals surface area (Å²) >= 11 is 0. The van der Waals surface area contributed by atoms with Crippen LogP contribution in [0.1, 0.15) is 26.3 Å². The topological polar surface area (TPSA) is 61.8 Å². The third kappa shape index (κ3) is 4.56. The Kier molecular flexibility index (Phi) is 5.67. The van der Waals surface area contributed by atoms with Crippen LogP contribution in [-0.4, -0.2) is 19.0 Å². The van der Waals surface area contributed by atoms with E-state index in [-0.39, 0.29) is 0 Å². The molecule has 0 saturated heterocycles. The zero-order chi connectivity index (χ0) is 21.8. The van der Waals surface area contributed by atoms with Gasteiger partial charge in [0, 0.05) is 0 Å². The number of esters is 2. The Morgan fingerprint density at radius 1 is 0.645 bits per heavy atom. The van der Waals surface area contributed by atoms with Crippen molar-refractivity contribution in [1.82, 2.24) is 0 Å². The van der Waals surface area contributed by atoms with Gasteiger partial charge in [0.25, 0.3) is 0 Å². The SMILES string of the molecule is COc1ccc(C(=O)Oc2ccc3cc(C(=O)Oc4ccccc4C)ccc3c2)cc1. The summed E-state index contributed by atoms with van der Waals surface area (Å²) < 4.78 is 16.1. The molecule has 0 aromatic heterocycles. The molecule has 0 atom stereocenters. The summed E-state index contributed by atoms with van der Waals surface area (Å²) in [6.45, 7) is 1.89. The molecule has 31 heavy (non-hydrogen) atoms. The first-order valence-corrected chi connectivity index (χ1v) is 9.71. The minimum absolute atomic E-state index is 0.420. The van der Waals surface area contributed by atoms with Gasteiger partial charge in [-0.25, -0.2) is 9.59 Å². The number of rotatable bonds is 5. The van der Waals surface area contributed by atoms with Crippen molar-refractivity contribution in [2.24, 2.45) is 0 Å². The standard InChI is InChI=1S/C26H20O5/c1-17-5-3-4-6-24(17)31-26(28)21-8-7-20-16-23(14-11-19(20)15-21)30-25(27)18-9-12-22(29-2)13-10-18/h3-16H,1-2H3. The number of hydrogen-bond donors (Lipinski definition) is 0. The second kappa shape index (κ2) is 8.71. The molecule has 0 spiro atoms. The summed E-state index contributed by atoms with van der Waals surface area (Å²) in [7, 11) is 1.57. The van der Waals surface area contributed by atoms with E-state index >= 15 is 0 Å². The fourth-order valence-electron chi connectivity index (χ4n) is 3.14. The van der Waals surface area contributed by atoms with Crippen LogP contribution in [0.5, 0.6) is 17.2 Å². The summed E-state index contributed by atoms with van der Waals surface area (Å²) in [6.07, 6.45) is 0. The lowest BCUT2D eigenvalue weighted by Crippen LogP contribution is -2.09. The molecule has 0 aliphatic rings. The normalized spacial score (nSPS) is 10.5. The maximum atomic E-state index is 12.5. The lowest BCUT2D eigenvalue weighted by atomic mass is 10.1. The predicted molar refractivity (Wildman–Crippen MR) is 118 cm³/mol. The predicted octanol–water partition coefficient (Wildman–Crippen LogP) is 5.60. The molecule has 5 nitrogen and oxygen atoms in total. The van der Waals surface area contributed by atoms with E-state index < -0.39 is 11.9 Å². The van der Waals surface area contributed by atoms with Gasteiger partial charge in [-0.2, -0.15) is 0 Å². The van der Waals surface area contributed by atoms with Crippen LogP contribution in [-0.2, 0) is 0 Å². The number of hydrogen-bond acceptors (Lipinski definition) is 5. The van der Waals surface area contributed by atoms with E-state index in [1.54, 1.807) is 73.8 Å². The molecule has 0 unspecified atom stereocenters. The first-order valence-electron chi connectivity index (χ1n) is 9.71. The van der Waals surface area contributed by atoms with Crippen LogP contribution in [0.3, 0.4) is 0 Å². The van der Waals surface area contributed by atoms with Crippen molar-refractivity contribution in [1.29, 1.82) is 0 Å². The van der Waals surface area contributed by atoms with Gasteiger partial charge in [0.2, 0.25) is 0 Å². The van der Waals surface area contributed by atoms with Crippen molar-refractivity contribution in [3.63, 3.8) is 0 Å². The average Bonchev–Trinajstić information content (AvgIpc) is 2.80. The molecule has 0 fully saturated rings. The van der Waals surface area contributed by atoms with Gasteiger partial charge in [-0.05, 0) is 77.9 Å². The van der Waals surface area contributed by atoms with Crippen LogP contribution in [0.15, 0.2) is 84.9 Å². The number of benzene rings is 4. The van der Waals surface area contributed by atoms with Gasteiger partial charge in [0.15, 0.2) is 0 Å². The largest absolute Gasteiger partial charge is 0.497 e. The summed E-state index contributed by atoms with van der Waals surface area (Å²) in [6, 6.07) is 24.6. The van der Waals surface area contributed by atoms with Crippen LogP contribution >= 0.6 is 0 Å². The fraction of sp³-hybridized carbons (Fsp3) is 0.0769. The number of para-hydroxylation sites is 1. The Morgan fingerprint density at radius 3 is 2.00 bits per heavy atom. The molecule has 4 aromatic carbocycles. The third-order valence-corrected chi connectivity index (χ3v) is 4.88. The second-order valence-corrected chi connectivity index (χ2v) is 7.00. The summed E-state index contributed by atoms with van der Waals surface area (Å²) in [5, 5.41) is 1.68. The van der Waals surface area contributed by atoms with Crippen molar-refractivity contribution in [2.75, 3.05) is 7.11 Å². The average molecular weight is 412 g/mol. The first kappa shape index (κ1) is 20.2. The molecule has 154 valence electrons. The Labute approximate surface area is 179 Å². The van der Waals surface area contributed by atoms with Crippen molar-refractivity contribution in [3.05, 3.63) is 102 Å². The second-order valence-electron chi connectivity index (χ2n) is 7.00. The van der Waals surface area contributed by atoms with E-state index in [9.17, 15) is 9.59 Å². The maximum absolute atomic E-state index is 12.5. The van der Waals surface area contributed by atoms with Gasteiger partial charge in [0.05, 0.1) is 18.2 Å². The number of carbonyl (C=O) groups is 2. The van der Waals surface area contributed by atoms with E-state index in [0.29, 0.717) is 28.4 Å². The smallest absolute Gasteiger partial charge is 0.343 e. The van der Waals surface area contributed by atoms with Gasteiger partial charge in [-0.1, -0.05) is 30.3 Å². The number of carbonyl (C=O) groups excluding carboxylic acids is 2. The lowest BCUT2D eigenvalue weighted by Gasteiger charge is -2.09. The van der Waals surface area contributed by atoms with E-state index in [1.165, 1.54) is 0 Å². The summed E-state index contributed by atoms with van der Waals surface area (Å²) in [5.41, 5.74) is 1.76. The molecule has 5 heteroatoms. The summed E-state index contributed by atoms with van der Waals surface area (Å²) in [5.74, 6) is 0.739. The van der Waals surface area contributed by atoms with Gasteiger partial charge in [-0.15, -0.1) is 0 Å². The van der Waals surface area contributed by atoms with E-state index in [2.05, 4.69) is 0 Å². The molecule has 4 aromatic rings. The number of aryl methyl sites for hydroxylation is 1. The van der Waals surface area contributed by atoms with Crippen LogP contribution in [0.4, 0.5) is 0 Å². The molecule has 0 heterocycles. The zero-order valence-corrected chi connectivity index (χ0v) is 17.1. The van der Waals surface area contributed by atoms with Crippen LogP contribution < -0.4 is 14.2 Å². The lowest BCUT2D eigenvalue weighted by molar-refractivity contribution is 0.0725. The molecule has 0 bridgehead atoms. The molecular formula is C26H20O5. The number of ether oxygens (including phenoxy) is 3. The molecule has 0 N–H and O–H groups in total. The molecule has 0 aliphatic heterocycles. The minimum Gasteiger partial charge on any atom is -0.497 e. The highest BCUT2D eigenvalue weighted by Gasteiger charge is 2.12. The molecule has 0 saturated carbocycles. The highest BCUT2D eigenvalue weighted by molar-refractivity contribution is 5.97. The zero-order valence-electron chi connectivity index (χ0n) is 17.1. The molecule has 4 rings (SSSR count). The van der Waals surface area contributed by atoms with E-state index in [1.807, 2.05) is 25.1 Å². The van der Waals surface area contributed by atoms with E-state index in [4.69, 9.17) is 14.2 Å². The Bertz CT molecular complexity index is 1260. The van der Waals surface area contributed by atoms with Crippen molar-refractivity contribution in [3.8, 4) is 17.2 Å². The third-order valence-electron chi connectivity index (χ3n) is 4.88. The first-order chi connectivity index (χ1) is 15.0. The van der Waals surface area contributed by atoms with Crippen molar-refractivity contribution >= 4 is 22.7 Å². The van der Waals surface area contributed by atoms with Gasteiger partial charge >= 0.3 is 11.9 Å².